The molecule has 0 aliphatic rings. The maximum absolute atomic E-state index is 13.2. The first-order chi connectivity index (χ1) is 19.9. The second kappa shape index (κ2) is 10.3. The van der Waals surface area contributed by atoms with Gasteiger partial charge < -0.3 is 26.3 Å². The van der Waals surface area contributed by atoms with E-state index in [9.17, 15) is 38.7 Å². The molecule has 0 fully saturated rings. The fraction of sp³-hybridized carbons (Fsp3) is 0.138. The van der Waals surface area contributed by atoms with Crippen molar-refractivity contribution in [3.8, 4) is 5.75 Å². The molecule has 3 aromatic carbocycles. The number of phenolic OH excluding ortho intramolecular Hbond substituents is 1. The number of rotatable bonds is 7. The van der Waals surface area contributed by atoms with E-state index in [1.807, 2.05) is 0 Å². The fourth-order valence-electron chi connectivity index (χ4n) is 4.76. The zero-order valence-electron chi connectivity index (χ0n) is 22.2. The van der Waals surface area contributed by atoms with Crippen molar-refractivity contribution in [1.82, 2.24) is 9.13 Å². The van der Waals surface area contributed by atoms with Crippen molar-refractivity contribution in [1.29, 1.82) is 0 Å². The lowest BCUT2D eigenvalue weighted by molar-refractivity contribution is -0.119. The number of carbonyl (C=O) groups is 3. The van der Waals surface area contributed by atoms with Crippen LogP contribution in [0.3, 0.4) is 0 Å². The maximum Gasteiger partial charge on any atom is 0.262 e. The first kappa shape index (κ1) is 27.7. The number of nitrogens with zero attached hydrogens (tertiary/aromatic N) is 2. The van der Waals surface area contributed by atoms with E-state index in [4.69, 9.17) is 5.73 Å². The number of anilines is 3. The van der Waals surface area contributed by atoms with Crippen LogP contribution < -0.4 is 38.6 Å². The second-order valence-electron chi connectivity index (χ2n) is 9.79. The topological polar surface area (TPSA) is 200 Å². The Morgan fingerprint density at radius 2 is 1.29 bits per heavy atom. The van der Waals surface area contributed by atoms with Crippen LogP contribution in [0.1, 0.15) is 36.3 Å². The van der Waals surface area contributed by atoms with Crippen LogP contribution in [0.2, 0.25) is 0 Å². The van der Waals surface area contributed by atoms with Crippen LogP contribution in [0.4, 0.5) is 17.1 Å². The Morgan fingerprint density at radius 3 is 1.81 bits per heavy atom. The standard InChI is InChI=1S/C29H23N5O8/c1-13(12-35)33-26(39)20-10-22-23(11-21(20)27(33)40)29(42)34(28(22)41)14(2)24(37)32-18-8-15(7-16(30)9-18)25(38)31-17-3-5-19(36)6-4-17/h3-14,36H,30H2,1-2H3,(H,31,38)(H,32,37)/t13-,14-/m1/s1. The molecule has 0 radical (unpaired) electrons. The Bertz CT molecular complexity index is 2060. The lowest BCUT2D eigenvalue weighted by atomic mass is 10.1. The average molecular weight is 570 g/mol. The number of hydrogen-bond donors (Lipinski definition) is 4. The van der Waals surface area contributed by atoms with Crippen molar-refractivity contribution < 1.29 is 19.5 Å². The van der Waals surface area contributed by atoms with Crippen LogP contribution in [0.5, 0.6) is 5.75 Å². The van der Waals surface area contributed by atoms with Crippen molar-refractivity contribution in [3.05, 3.63) is 102 Å². The second-order valence-corrected chi connectivity index (χ2v) is 9.79. The highest BCUT2D eigenvalue weighted by Gasteiger charge is 2.26. The van der Waals surface area contributed by atoms with Crippen molar-refractivity contribution in [3.63, 3.8) is 0 Å². The van der Waals surface area contributed by atoms with Gasteiger partial charge in [0, 0.05) is 22.6 Å². The first-order valence-corrected chi connectivity index (χ1v) is 12.6. The number of amides is 2. The summed E-state index contributed by atoms with van der Waals surface area (Å²) >= 11 is 0. The van der Waals surface area contributed by atoms with Crippen molar-refractivity contribution >= 4 is 56.7 Å². The number of benzene rings is 3. The molecule has 5 N–H and O–H groups in total. The van der Waals surface area contributed by atoms with Crippen LogP contribution in [0.25, 0.3) is 21.5 Å². The van der Waals surface area contributed by atoms with Gasteiger partial charge in [-0.3, -0.25) is 37.9 Å². The summed E-state index contributed by atoms with van der Waals surface area (Å²) in [7, 11) is 0. The molecule has 2 aromatic heterocycles. The fourth-order valence-corrected chi connectivity index (χ4v) is 4.76. The van der Waals surface area contributed by atoms with Gasteiger partial charge >= 0.3 is 0 Å². The smallest absolute Gasteiger partial charge is 0.262 e. The van der Waals surface area contributed by atoms with Gasteiger partial charge in [0.15, 0.2) is 0 Å². The normalized spacial score (nSPS) is 12.7. The molecule has 13 nitrogen and oxygen atoms in total. The largest absolute Gasteiger partial charge is 0.508 e. The molecule has 0 unspecified atom stereocenters. The Morgan fingerprint density at radius 1 is 0.762 bits per heavy atom. The summed E-state index contributed by atoms with van der Waals surface area (Å²) in [5.41, 5.74) is 3.49. The van der Waals surface area contributed by atoms with E-state index >= 15 is 0 Å². The molecule has 5 rings (SSSR count). The maximum atomic E-state index is 13.2. The molecule has 0 saturated heterocycles. The van der Waals surface area contributed by atoms with Crippen molar-refractivity contribution in [2.45, 2.75) is 25.9 Å². The molecule has 0 bridgehead atoms. The number of fused-ring (bicyclic) bond motifs is 2. The van der Waals surface area contributed by atoms with Gasteiger partial charge in [0.25, 0.3) is 28.1 Å². The van der Waals surface area contributed by atoms with Gasteiger partial charge in [-0.15, -0.1) is 0 Å². The Labute approximate surface area is 235 Å². The molecule has 42 heavy (non-hydrogen) atoms. The van der Waals surface area contributed by atoms with E-state index in [0.29, 0.717) is 16.5 Å². The summed E-state index contributed by atoms with van der Waals surface area (Å²) in [6, 6.07) is 9.80. The third-order valence-corrected chi connectivity index (χ3v) is 6.94. The number of nitrogens with two attached hydrogens (primary N) is 1. The van der Waals surface area contributed by atoms with Crippen LogP contribution in [-0.2, 0) is 9.59 Å². The lowest BCUT2D eigenvalue weighted by Gasteiger charge is -2.14. The molecule has 2 amide bonds. The summed E-state index contributed by atoms with van der Waals surface area (Å²) in [6.45, 7) is 2.69. The van der Waals surface area contributed by atoms with E-state index in [0.717, 1.165) is 16.7 Å². The molecule has 0 aliphatic heterocycles. The van der Waals surface area contributed by atoms with Gasteiger partial charge in [0.1, 0.15) is 18.1 Å². The SMILES string of the molecule is C[C@H](C=O)n1c(=O)c2cc3c(=O)n([C@H](C)C(=O)Nc4cc(N)cc(C(=O)Nc5ccc(O)cc5)c4)c(=O)c3cc2c1=O. The number of phenols is 1. The predicted molar refractivity (Wildman–Crippen MR) is 156 cm³/mol. The van der Waals surface area contributed by atoms with Gasteiger partial charge in [-0.1, -0.05) is 0 Å². The Hall–Kier alpha value is -5.85. The number of hydrogen-bond acceptors (Lipinski definition) is 9. The predicted octanol–water partition coefficient (Wildman–Crippen LogP) is 1.41. The number of nitrogen functional groups attached to an aromatic ring is 1. The summed E-state index contributed by atoms with van der Waals surface area (Å²) in [5, 5.41) is 14.0. The van der Waals surface area contributed by atoms with Gasteiger partial charge in [-0.05, 0) is 68.4 Å². The van der Waals surface area contributed by atoms with Crippen LogP contribution in [-0.4, -0.2) is 32.3 Å². The van der Waals surface area contributed by atoms with E-state index in [2.05, 4.69) is 10.6 Å². The van der Waals surface area contributed by atoms with Gasteiger partial charge in [-0.25, -0.2) is 0 Å². The molecule has 5 aromatic rings. The highest BCUT2D eigenvalue weighted by molar-refractivity contribution is 6.06. The molecular formula is C29H23N5O8. The van der Waals surface area contributed by atoms with Crippen molar-refractivity contribution in [2.75, 3.05) is 16.4 Å². The quantitative estimate of drug-likeness (QED) is 0.127. The molecule has 13 heteroatoms. The Balaban J connectivity index is 1.46. The lowest BCUT2D eigenvalue weighted by Crippen LogP contribution is -2.35. The zero-order valence-corrected chi connectivity index (χ0v) is 22.2. The molecular weight excluding hydrogens is 546 g/mol. The van der Waals surface area contributed by atoms with Crippen LogP contribution in [0.15, 0.2) is 73.8 Å². The molecule has 0 spiro atoms. The third kappa shape index (κ3) is 4.62. The number of nitrogens with one attached hydrogen (secondary N) is 2. The van der Waals surface area contributed by atoms with Gasteiger partial charge in [-0.2, -0.15) is 0 Å². The number of aromatic hydroxyl groups is 1. The number of aldehydes is 1. The zero-order chi connectivity index (χ0) is 30.5. The van der Waals surface area contributed by atoms with Crippen molar-refractivity contribution in [2.24, 2.45) is 0 Å². The first-order valence-electron chi connectivity index (χ1n) is 12.6. The van der Waals surface area contributed by atoms with E-state index < -0.39 is 46.1 Å². The highest BCUT2D eigenvalue weighted by Crippen LogP contribution is 2.21. The minimum atomic E-state index is -1.33. The molecule has 212 valence electrons. The molecule has 2 atom stereocenters. The number of aromatic nitrogens is 2. The summed E-state index contributed by atoms with van der Waals surface area (Å²) in [6.07, 6.45) is 0.430. The summed E-state index contributed by atoms with van der Waals surface area (Å²) in [5.74, 6) is -1.29. The van der Waals surface area contributed by atoms with E-state index in [1.54, 1.807) is 0 Å². The minimum Gasteiger partial charge on any atom is -0.508 e. The monoisotopic (exact) mass is 569 g/mol. The summed E-state index contributed by atoms with van der Waals surface area (Å²) in [4.78, 5) is 89.0. The summed E-state index contributed by atoms with van der Waals surface area (Å²) < 4.78 is 1.46. The molecule has 0 aliphatic carbocycles. The van der Waals surface area contributed by atoms with Gasteiger partial charge in [0.05, 0.1) is 27.6 Å². The van der Waals surface area contributed by atoms with E-state index in [1.165, 1.54) is 56.3 Å². The number of carbonyl (C=O) groups excluding carboxylic acids is 3. The highest BCUT2D eigenvalue weighted by atomic mass is 16.3. The molecule has 2 heterocycles. The third-order valence-electron chi connectivity index (χ3n) is 6.94. The Kier molecular flexibility index (Phi) is 6.78. The van der Waals surface area contributed by atoms with Gasteiger partial charge in [0.2, 0.25) is 5.91 Å². The average Bonchev–Trinajstić information content (AvgIpc) is 3.35. The van der Waals surface area contributed by atoms with E-state index in [-0.39, 0.29) is 44.2 Å². The minimum absolute atomic E-state index is 0.0242. The van der Waals surface area contributed by atoms with Crippen LogP contribution in [0, 0.1) is 0 Å². The van der Waals surface area contributed by atoms with Crippen LogP contribution >= 0.6 is 0 Å². The molecule has 0 saturated carbocycles.